The molecule has 0 fully saturated rings. The lowest BCUT2D eigenvalue weighted by Crippen LogP contribution is -2.30. The molecule has 0 aromatic heterocycles. The molecule has 4 unspecified atom stereocenters. The number of hydrogen-bond acceptors (Lipinski definition) is 3. The zero-order chi connectivity index (χ0) is 14.1. The maximum Gasteiger partial charge on any atom is 0.334 e. The Morgan fingerprint density at radius 1 is 1.15 bits per heavy atom. The lowest BCUT2D eigenvalue weighted by molar-refractivity contribution is -0.137. The number of ether oxygens (including phenoxy) is 2. The molecular formula is C17H18O3. The number of esters is 1. The zero-order valence-electron chi connectivity index (χ0n) is 11.7. The smallest absolute Gasteiger partial charge is 0.334 e. The molecule has 20 heavy (non-hydrogen) atoms. The third kappa shape index (κ3) is 2.29. The monoisotopic (exact) mass is 270 g/mol. The predicted octanol–water partition coefficient (Wildman–Crippen LogP) is 2.73. The van der Waals surface area contributed by atoms with Crippen molar-refractivity contribution in [1.29, 1.82) is 0 Å². The van der Waals surface area contributed by atoms with Crippen molar-refractivity contribution in [2.45, 2.75) is 19.1 Å². The SMILES string of the molecule is COC(=O)C1=CC2C=CC=CC2OC2C=CC(C)=CC12. The second-order valence-electron chi connectivity index (χ2n) is 5.32. The molecule has 3 rings (SSSR count). The van der Waals surface area contributed by atoms with E-state index >= 15 is 0 Å². The Labute approximate surface area is 119 Å². The molecule has 104 valence electrons. The van der Waals surface area contributed by atoms with Crippen LogP contribution in [0.4, 0.5) is 0 Å². The van der Waals surface area contributed by atoms with Crippen LogP contribution in [0.15, 0.2) is 59.8 Å². The summed E-state index contributed by atoms with van der Waals surface area (Å²) in [5.41, 5.74) is 1.83. The first-order valence-corrected chi connectivity index (χ1v) is 6.86. The third-order valence-electron chi connectivity index (χ3n) is 3.94. The van der Waals surface area contributed by atoms with Gasteiger partial charge in [-0.05, 0) is 6.92 Å². The summed E-state index contributed by atoms with van der Waals surface area (Å²) in [5.74, 6) is -0.256. The van der Waals surface area contributed by atoms with Crippen LogP contribution in [-0.2, 0) is 14.3 Å². The van der Waals surface area contributed by atoms with E-state index in [0.29, 0.717) is 5.57 Å². The fourth-order valence-electron chi connectivity index (χ4n) is 2.91. The third-order valence-corrected chi connectivity index (χ3v) is 3.94. The zero-order valence-corrected chi connectivity index (χ0v) is 11.7. The topological polar surface area (TPSA) is 35.5 Å². The molecule has 0 amide bonds. The molecular weight excluding hydrogens is 252 g/mol. The number of fused-ring (bicyclic) bond motifs is 2. The van der Waals surface area contributed by atoms with Crippen molar-refractivity contribution in [1.82, 2.24) is 0 Å². The van der Waals surface area contributed by atoms with Gasteiger partial charge in [0.05, 0.1) is 19.3 Å². The summed E-state index contributed by atoms with van der Waals surface area (Å²) < 4.78 is 11.1. The molecule has 0 radical (unpaired) electrons. The van der Waals surface area contributed by atoms with Gasteiger partial charge in [-0.3, -0.25) is 0 Å². The molecule has 0 N–H and O–H groups in total. The number of allylic oxidation sites excluding steroid dienone is 4. The van der Waals surface area contributed by atoms with Crippen LogP contribution in [0.2, 0.25) is 0 Å². The Morgan fingerprint density at radius 3 is 2.75 bits per heavy atom. The van der Waals surface area contributed by atoms with E-state index in [-0.39, 0.29) is 30.0 Å². The fraction of sp³-hybridized carbons (Fsp3) is 0.353. The number of carbonyl (C=O) groups excluding carboxylic acids is 1. The van der Waals surface area contributed by atoms with Gasteiger partial charge in [0.2, 0.25) is 0 Å². The highest BCUT2D eigenvalue weighted by Crippen LogP contribution is 2.35. The van der Waals surface area contributed by atoms with Gasteiger partial charge in [0.1, 0.15) is 0 Å². The molecule has 2 aliphatic carbocycles. The van der Waals surface area contributed by atoms with Gasteiger partial charge >= 0.3 is 5.97 Å². The maximum atomic E-state index is 12.1. The molecule has 0 saturated heterocycles. The van der Waals surface area contributed by atoms with Gasteiger partial charge < -0.3 is 9.47 Å². The summed E-state index contributed by atoms with van der Waals surface area (Å²) >= 11 is 0. The van der Waals surface area contributed by atoms with Gasteiger partial charge in [-0.2, -0.15) is 0 Å². The van der Waals surface area contributed by atoms with Gasteiger partial charge in [-0.15, -0.1) is 0 Å². The minimum absolute atomic E-state index is 0.0221. The van der Waals surface area contributed by atoms with Crippen LogP contribution in [0.25, 0.3) is 0 Å². The Morgan fingerprint density at radius 2 is 1.95 bits per heavy atom. The van der Waals surface area contributed by atoms with Crippen LogP contribution in [0.1, 0.15) is 6.92 Å². The molecule has 3 nitrogen and oxygen atoms in total. The first-order valence-electron chi connectivity index (χ1n) is 6.86. The average molecular weight is 270 g/mol. The van der Waals surface area contributed by atoms with Crippen LogP contribution >= 0.6 is 0 Å². The number of rotatable bonds is 1. The van der Waals surface area contributed by atoms with E-state index < -0.39 is 0 Å². The lowest BCUT2D eigenvalue weighted by Gasteiger charge is -2.28. The van der Waals surface area contributed by atoms with Crippen molar-refractivity contribution >= 4 is 5.97 Å². The second-order valence-corrected chi connectivity index (χ2v) is 5.32. The standard InChI is InChI=1S/C17H18O3/c1-11-7-8-16-13(9-11)14(17(18)19-2)10-12-5-3-4-6-15(12)20-16/h3-10,12-13,15-16H,1-2H3. The van der Waals surface area contributed by atoms with Gasteiger partial charge in [0.25, 0.3) is 0 Å². The Kier molecular flexibility index (Phi) is 3.45. The van der Waals surface area contributed by atoms with Crippen molar-refractivity contribution in [2.75, 3.05) is 7.11 Å². The highest BCUT2D eigenvalue weighted by Gasteiger charge is 2.36. The Balaban J connectivity index is 2.04. The summed E-state index contributed by atoms with van der Waals surface area (Å²) in [6, 6.07) is 0. The largest absolute Gasteiger partial charge is 0.466 e. The van der Waals surface area contributed by atoms with E-state index in [1.54, 1.807) is 0 Å². The van der Waals surface area contributed by atoms with Crippen LogP contribution in [0.5, 0.6) is 0 Å². The molecule has 1 heterocycles. The quantitative estimate of drug-likeness (QED) is 0.687. The molecule has 1 aliphatic heterocycles. The van der Waals surface area contributed by atoms with Crippen molar-refractivity contribution in [2.24, 2.45) is 11.8 Å². The molecule has 0 spiro atoms. The number of carbonyl (C=O) groups is 1. The van der Waals surface area contributed by atoms with E-state index in [2.05, 4.69) is 12.2 Å². The van der Waals surface area contributed by atoms with Crippen molar-refractivity contribution in [3.05, 3.63) is 59.8 Å². The van der Waals surface area contributed by atoms with Crippen LogP contribution in [-0.4, -0.2) is 25.3 Å². The first kappa shape index (κ1) is 13.1. The van der Waals surface area contributed by atoms with Crippen LogP contribution in [0, 0.1) is 11.8 Å². The summed E-state index contributed by atoms with van der Waals surface area (Å²) in [6.07, 6.45) is 16.1. The maximum absolute atomic E-state index is 12.1. The highest BCUT2D eigenvalue weighted by atomic mass is 16.5. The molecule has 0 aromatic rings. The summed E-state index contributed by atoms with van der Waals surface area (Å²) in [7, 11) is 1.42. The number of methoxy groups -OCH3 is 1. The van der Waals surface area contributed by atoms with E-state index in [1.807, 2.05) is 43.4 Å². The molecule has 0 aromatic carbocycles. The lowest BCUT2D eigenvalue weighted by atomic mass is 9.86. The summed E-state index contributed by atoms with van der Waals surface area (Å²) in [4.78, 5) is 12.1. The summed E-state index contributed by atoms with van der Waals surface area (Å²) in [5, 5.41) is 0. The molecule has 4 atom stereocenters. The normalized spacial score (nSPS) is 34.5. The minimum atomic E-state index is -0.272. The van der Waals surface area contributed by atoms with Crippen LogP contribution < -0.4 is 0 Å². The van der Waals surface area contributed by atoms with Gasteiger partial charge in [-0.1, -0.05) is 54.2 Å². The number of hydrogen-bond donors (Lipinski definition) is 0. The Bertz CT molecular complexity index is 563. The molecule has 0 saturated carbocycles. The fourth-order valence-corrected chi connectivity index (χ4v) is 2.91. The highest BCUT2D eigenvalue weighted by molar-refractivity contribution is 5.90. The average Bonchev–Trinajstić information content (AvgIpc) is 2.63. The van der Waals surface area contributed by atoms with E-state index in [4.69, 9.17) is 9.47 Å². The minimum Gasteiger partial charge on any atom is -0.466 e. The van der Waals surface area contributed by atoms with Gasteiger partial charge in [0.15, 0.2) is 0 Å². The van der Waals surface area contributed by atoms with Crippen molar-refractivity contribution in [3.63, 3.8) is 0 Å². The van der Waals surface area contributed by atoms with E-state index in [0.717, 1.165) is 5.57 Å². The molecule has 3 heteroatoms. The van der Waals surface area contributed by atoms with Crippen LogP contribution in [0.3, 0.4) is 0 Å². The van der Waals surface area contributed by atoms with E-state index in [1.165, 1.54) is 7.11 Å². The van der Waals surface area contributed by atoms with Gasteiger partial charge in [-0.25, -0.2) is 4.79 Å². The van der Waals surface area contributed by atoms with Crippen molar-refractivity contribution in [3.8, 4) is 0 Å². The van der Waals surface area contributed by atoms with Gasteiger partial charge in [0, 0.05) is 17.4 Å². The first-order chi connectivity index (χ1) is 9.69. The summed E-state index contributed by atoms with van der Waals surface area (Å²) in [6.45, 7) is 2.03. The van der Waals surface area contributed by atoms with E-state index in [9.17, 15) is 4.79 Å². The molecule has 3 aliphatic rings. The Hall–Kier alpha value is -1.87. The predicted molar refractivity (Wildman–Crippen MR) is 76.9 cm³/mol. The van der Waals surface area contributed by atoms with Crippen molar-refractivity contribution < 1.29 is 14.3 Å². The molecule has 0 bridgehead atoms. The second kappa shape index (κ2) is 5.25.